The van der Waals surface area contributed by atoms with Crippen LogP contribution in [0, 0.1) is 0 Å². The first-order valence-electron chi connectivity index (χ1n) is 6.45. The highest BCUT2D eigenvalue weighted by Gasteiger charge is 2.29. The highest BCUT2D eigenvalue weighted by Crippen LogP contribution is 2.34. The van der Waals surface area contributed by atoms with E-state index in [1.165, 1.54) is 18.4 Å². The number of carbonyl (C=O) groups excluding carboxylic acids is 1. The Labute approximate surface area is 107 Å². The predicted octanol–water partition coefficient (Wildman–Crippen LogP) is 1.68. The molecule has 4 heteroatoms. The molecule has 1 atom stereocenters. The lowest BCUT2D eigenvalue weighted by atomic mass is 10.1. The lowest BCUT2D eigenvalue weighted by Gasteiger charge is -2.30. The van der Waals surface area contributed by atoms with Crippen LogP contribution in [0.25, 0.3) is 0 Å². The molecule has 0 spiro atoms. The maximum absolute atomic E-state index is 11.9. The Bertz CT molecular complexity index is 483. The van der Waals surface area contributed by atoms with Crippen molar-refractivity contribution in [2.24, 2.45) is 0 Å². The van der Waals surface area contributed by atoms with Crippen LogP contribution in [0.4, 0.5) is 5.69 Å². The SMILES string of the molecule is CC1Oc2ccc(CNC3CC3)cc2N(C)C1=O. The molecule has 1 aromatic carbocycles. The van der Waals surface area contributed by atoms with E-state index in [-0.39, 0.29) is 5.91 Å². The van der Waals surface area contributed by atoms with Gasteiger partial charge in [0.25, 0.3) is 5.91 Å². The molecule has 96 valence electrons. The van der Waals surface area contributed by atoms with Gasteiger partial charge in [0.05, 0.1) is 5.69 Å². The van der Waals surface area contributed by atoms with Gasteiger partial charge in [-0.25, -0.2) is 0 Å². The van der Waals surface area contributed by atoms with Gasteiger partial charge in [-0.05, 0) is 37.5 Å². The number of amides is 1. The number of nitrogens with one attached hydrogen (secondary N) is 1. The summed E-state index contributed by atoms with van der Waals surface area (Å²) < 4.78 is 5.60. The molecular formula is C14H18N2O2. The van der Waals surface area contributed by atoms with Crippen LogP contribution in [0.2, 0.25) is 0 Å². The van der Waals surface area contributed by atoms with Gasteiger partial charge < -0.3 is 15.0 Å². The lowest BCUT2D eigenvalue weighted by molar-refractivity contribution is -0.125. The smallest absolute Gasteiger partial charge is 0.267 e. The van der Waals surface area contributed by atoms with Gasteiger partial charge in [-0.1, -0.05) is 6.07 Å². The number of anilines is 1. The molecule has 0 saturated heterocycles. The van der Waals surface area contributed by atoms with E-state index >= 15 is 0 Å². The van der Waals surface area contributed by atoms with Crippen molar-refractivity contribution in [2.75, 3.05) is 11.9 Å². The molecule has 1 aliphatic heterocycles. The Morgan fingerprint density at radius 3 is 2.94 bits per heavy atom. The summed E-state index contributed by atoms with van der Waals surface area (Å²) in [5.41, 5.74) is 2.06. The first kappa shape index (κ1) is 11.5. The fraction of sp³-hybridized carbons (Fsp3) is 0.500. The van der Waals surface area contributed by atoms with Gasteiger partial charge in [0, 0.05) is 19.6 Å². The van der Waals surface area contributed by atoms with Crippen LogP contribution in [0.1, 0.15) is 25.3 Å². The number of likely N-dealkylation sites (N-methyl/N-ethyl adjacent to an activating group) is 1. The molecule has 1 unspecified atom stereocenters. The molecule has 0 radical (unpaired) electrons. The zero-order chi connectivity index (χ0) is 12.7. The van der Waals surface area contributed by atoms with Crippen molar-refractivity contribution >= 4 is 11.6 Å². The van der Waals surface area contributed by atoms with Gasteiger partial charge in [-0.2, -0.15) is 0 Å². The molecule has 18 heavy (non-hydrogen) atoms. The summed E-state index contributed by atoms with van der Waals surface area (Å²) in [6, 6.07) is 6.74. The van der Waals surface area contributed by atoms with Gasteiger partial charge in [0.15, 0.2) is 6.10 Å². The molecule has 1 N–H and O–H groups in total. The van der Waals surface area contributed by atoms with Gasteiger partial charge >= 0.3 is 0 Å². The Morgan fingerprint density at radius 1 is 1.44 bits per heavy atom. The molecule has 3 rings (SSSR count). The number of hydrogen-bond acceptors (Lipinski definition) is 3. The van der Waals surface area contributed by atoms with E-state index in [0.29, 0.717) is 6.04 Å². The second-order valence-corrected chi connectivity index (χ2v) is 5.11. The summed E-state index contributed by atoms with van der Waals surface area (Å²) >= 11 is 0. The van der Waals surface area contributed by atoms with Crippen LogP contribution < -0.4 is 15.0 Å². The third-order valence-corrected chi connectivity index (χ3v) is 3.54. The number of ether oxygens (including phenoxy) is 1. The summed E-state index contributed by atoms with van der Waals surface area (Å²) in [5.74, 6) is 0.801. The van der Waals surface area contributed by atoms with Crippen molar-refractivity contribution in [3.8, 4) is 5.75 Å². The third kappa shape index (κ3) is 2.08. The predicted molar refractivity (Wildman–Crippen MR) is 69.8 cm³/mol. The number of nitrogens with zero attached hydrogens (tertiary/aromatic N) is 1. The van der Waals surface area contributed by atoms with E-state index < -0.39 is 6.10 Å². The quantitative estimate of drug-likeness (QED) is 0.882. The van der Waals surface area contributed by atoms with E-state index in [9.17, 15) is 4.79 Å². The Balaban J connectivity index is 1.82. The zero-order valence-electron chi connectivity index (χ0n) is 10.8. The summed E-state index contributed by atoms with van der Waals surface area (Å²) in [7, 11) is 1.80. The molecular weight excluding hydrogens is 228 g/mol. The Kier molecular flexibility index (Phi) is 2.74. The van der Waals surface area contributed by atoms with E-state index in [0.717, 1.165) is 18.0 Å². The average Bonchev–Trinajstić information content (AvgIpc) is 3.18. The summed E-state index contributed by atoms with van der Waals surface area (Å²) in [4.78, 5) is 13.5. The molecule has 1 aromatic rings. The largest absolute Gasteiger partial charge is 0.479 e. The maximum Gasteiger partial charge on any atom is 0.267 e. The standard InChI is InChI=1S/C14H18N2O2/c1-9-14(17)16(2)12-7-10(3-6-13(12)18-9)8-15-11-4-5-11/h3,6-7,9,11,15H,4-5,8H2,1-2H3. The van der Waals surface area contributed by atoms with Crippen LogP contribution in [0.15, 0.2) is 18.2 Å². The number of rotatable bonds is 3. The molecule has 1 aliphatic carbocycles. The van der Waals surface area contributed by atoms with Crippen molar-refractivity contribution in [3.63, 3.8) is 0 Å². The number of hydrogen-bond donors (Lipinski definition) is 1. The normalized spacial score (nSPS) is 22.7. The van der Waals surface area contributed by atoms with E-state index in [1.807, 2.05) is 12.1 Å². The molecule has 1 heterocycles. The van der Waals surface area contributed by atoms with E-state index in [1.54, 1.807) is 18.9 Å². The van der Waals surface area contributed by atoms with Crippen molar-refractivity contribution < 1.29 is 9.53 Å². The third-order valence-electron chi connectivity index (χ3n) is 3.54. The Hall–Kier alpha value is -1.55. The maximum atomic E-state index is 11.9. The average molecular weight is 246 g/mol. The van der Waals surface area contributed by atoms with Gasteiger partial charge in [-0.15, -0.1) is 0 Å². The minimum atomic E-state index is -0.391. The topological polar surface area (TPSA) is 41.6 Å². The summed E-state index contributed by atoms with van der Waals surface area (Å²) in [6.45, 7) is 2.64. The number of benzene rings is 1. The molecule has 1 fully saturated rings. The molecule has 1 saturated carbocycles. The van der Waals surface area contributed by atoms with Gasteiger partial charge in [0.2, 0.25) is 0 Å². The van der Waals surface area contributed by atoms with Crippen LogP contribution in [0.5, 0.6) is 5.75 Å². The van der Waals surface area contributed by atoms with Crippen molar-refractivity contribution in [1.82, 2.24) is 5.32 Å². The van der Waals surface area contributed by atoms with E-state index in [4.69, 9.17) is 4.74 Å². The lowest BCUT2D eigenvalue weighted by Crippen LogP contribution is -2.42. The minimum absolute atomic E-state index is 0.00908. The number of fused-ring (bicyclic) bond motifs is 1. The molecule has 1 amide bonds. The van der Waals surface area contributed by atoms with Crippen LogP contribution in [-0.4, -0.2) is 25.1 Å². The van der Waals surface area contributed by atoms with Crippen LogP contribution in [0.3, 0.4) is 0 Å². The molecule has 0 aromatic heterocycles. The highest BCUT2D eigenvalue weighted by atomic mass is 16.5. The van der Waals surface area contributed by atoms with Crippen molar-refractivity contribution in [3.05, 3.63) is 23.8 Å². The van der Waals surface area contributed by atoms with Crippen molar-refractivity contribution in [1.29, 1.82) is 0 Å². The van der Waals surface area contributed by atoms with Crippen LogP contribution >= 0.6 is 0 Å². The van der Waals surface area contributed by atoms with Crippen LogP contribution in [-0.2, 0) is 11.3 Å². The fourth-order valence-corrected chi connectivity index (χ4v) is 2.22. The molecule has 0 bridgehead atoms. The summed E-state index contributed by atoms with van der Waals surface area (Å²) in [6.07, 6.45) is 2.17. The second-order valence-electron chi connectivity index (χ2n) is 5.11. The van der Waals surface area contributed by atoms with E-state index in [2.05, 4.69) is 11.4 Å². The zero-order valence-corrected chi connectivity index (χ0v) is 10.8. The first-order valence-corrected chi connectivity index (χ1v) is 6.45. The molecule has 4 nitrogen and oxygen atoms in total. The fourth-order valence-electron chi connectivity index (χ4n) is 2.22. The molecule has 2 aliphatic rings. The second kappa shape index (κ2) is 4.28. The Morgan fingerprint density at radius 2 is 2.22 bits per heavy atom. The first-order chi connectivity index (χ1) is 8.65. The highest BCUT2D eigenvalue weighted by molar-refractivity contribution is 5.99. The van der Waals surface area contributed by atoms with Gasteiger partial charge in [0.1, 0.15) is 5.75 Å². The summed E-state index contributed by atoms with van der Waals surface area (Å²) in [5, 5.41) is 3.47. The number of carbonyl (C=O) groups is 1. The van der Waals surface area contributed by atoms with Crippen molar-refractivity contribution in [2.45, 2.75) is 38.5 Å². The van der Waals surface area contributed by atoms with Gasteiger partial charge in [-0.3, -0.25) is 4.79 Å². The monoisotopic (exact) mass is 246 g/mol. The minimum Gasteiger partial charge on any atom is -0.479 e.